The number of anilines is 1. The zero-order valence-electron chi connectivity index (χ0n) is 11.1. The van der Waals surface area contributed by atoms with E-state index in [0.29, 0.717) is 0 Å². The summed E-state index contributed by atoms with van der Waals surface area (Å²) in [6, 6.07) is 3.26. The third-order valence-corrected chi connectivity index (χ3v) is 2.93. The Bertz CT molecular complexity index is 657. The van der Waals surface area contributed by atoms with E-state index in [2.05, 4.69) is 10.4 Å². The van der Waals surface area contributed by atoms with Gasteiger partial charge in [-0.15, -0.1) is 0 Å². The first kappa shape index (κ1) is 14.6. The number of amides is 2. The number of nitrogens with one attached hydrogen (secondary N) is 1. The van der Waals surface area contributed by atoms with Crippen LogP contribution in [0.15, 0.2) is 23.3 Å². The fourth-order valence-electron chi connectivity index (χ4n) is 1.80. The number of halogens is 1. The van der Waals surface area contributed by atoms with Crippen molar-refractivity contribution in [2.75, 3.05) is 12.4 Å². The largest absolute Gasteiger partial charge is 0.478 e. The number of carbonyl (C=O) groups excluding carboxylic acids is 2. The Balaban J connectivity index is 2.13. The zero-order valence-corrected chi connectivity index (χ0v) is 11.1. The number of rotatable bonds is 3. The van der Waals surface area contributed by atoms with Gasteiger partial charge in [0.2, 0.25) is 5.91 Å². The van der Waals surface area contributed by atoms with Gasteiger partial charge in [0, 0.05) is 25.6 Å². The molecule has 0 fully saturated rings. The average Bonchev–Trinajstić information content (AvgIpc) is 2.41. The quantitative estimate of drug-likeness (QED) is 0.870. The summed E-state index contributed by atoms with van der Waals surface area (Å²) >= 11 is 0. The lowest BCUT2D eigenvalue weighted by molar-refractivity contribution is -0.130. The molecule has 1 aliphatic heterocycles. The molecule has 1 heterocycles. The van der Waals surface area contributed by atoms with Crippen molar-refractivity contribution in [3.8, 4) is 0 Å². The Morgan fingerprint density at radius 2 is 2.10 bits per heavy atom. The standard InChI is InChI=1S/C13H12FN3O4/c1-17-11(18)5-4-10(16-17)12(19)15-7-2-3-8(13(20)21)9(14)6-7/h2-3,6H,4-5H2,1H3,(H,15,19)(H,20,21). The van der Waals surface area contributed by atoms with Crippen LogP contribution in [0.5, 0.6) is 0 Å². The molecule has 0 unspecified atom stereocenters. The van der Waals surface area contributed by atoms with E-state index in [1.54, 1.807) is 0 Å². The second-order valence-electron chi connectivity index (χ2n) is 4.42. The van der Waals surface area contributed by atoms with Crippen molar-refractivity contribution in [2.45, 2.75) is 12.8 Å². The molecule has 2 N–H and O–H groups in total. The number of benzene rings is 1. The lowest BCUT2D eigenvalue weighted by Gasteiger charge is -2.18. The van der Waals surface area contributed by atoms with Gasteiger partial charge in [-0.25, -0.2) is 14.2 Å². The van der Waals surface area contributed by atoms with Crippen LogP contribution in [0.2, 0.25) is 0 Å². The highest BCUT2D eigenvalue weighted by molar-refractivity contribution is 6.43. The van der Waals surface area contributed by atoms with Crippen molar-refractivity contribution in [1.29, 1.82) is 0 Å². The molecule has 8 heteroatoms. The van der Waals surface area contributed by atoms with E-state index < -0.39 is 23.3 Å². The summed E-state index contributed by atoms with van der Waals surface area (Å²) in [5.41, 5.74) is -0.210. The number of hydrazone groups is 1. The third-order valence-electron chi connectivity index (χ3n) is 2.93. The predicted octanol–water partition coefficient (Wildman–Crippen LogP) is 1.07. The molecule has 2 rings (SSSR count). The number of carboxylic acid groups (broad SMARTS) is 1. The fourth-order valence-corrected chi connectivity index (χ4v) is 1.80. The van der Waals surface area contributed by atoms with E-state index in [1.165, 1.54) is 13.1 Å². The van der Waals surface area contributed by atoms with Crippen LogP contribution in [-0.4, -0.2) is 40.7 Å². The van der Waals surface area contributed by atoms with Crippen molar-refractivity contribution in [3.63, 3.8) is 0 Å². The van der Waals surface area contributed by atoms with E-state index in [-0.39, 0.29) is 30.1 Å². The predicted molar refractivity (Wildman–Crippen MR) is 71.4 cm³/mol. The van der Waals surface area contributed by atoms with E-state index in [1.807, 2.05) is 0 Å². The molecule has 2 amide bonds. The summed E-state index contributed by atoms with van der Waals surface area (Å²) in [6.45, 7) is 0. The van der Waals surface area contributed by atoms with Crippen LogP contribution in [0.4, 0.5) is 10.1 Å². The topological polar surface area (TPSA) is 99.1 Å². The van der Waals surface area contributed by atoms with Crippen LogP contribution in [0.3, 0.4) is 0 Å². The summed E-state index contributed by atoms with van der Waals surface area (Å²) in [7, 11) is 1.44. The molecule has 21 heavy (non-hydrogen) atoms. The first-order valence-electron chi connectivity index (χ1n) is 6.06. The Labute approximate surface area is 119 Å². The number of nitrogens with zero attached hydrogens (tertiary/aromatic N) is 2. The van der Waals surface area contributed by atoms with Crippen LogP contribution in [-0.2, 0) is 9.59 Å². The Morgan fingerprint density at radius 1 is 1.38 bits per heavy atom. The number of carboxylic acids is 1. The monoisotopic (exact) mass is 293 g/mol. The van der Waals surface area contributed by atoms with Gasteiger partial charge in [0.1, 0.15) is 11.5 Å². The summed E-state index contributed by atoms with van der Waals surface area (Å²) in [6.07, 6.45) is 0.375. The minimum atomic E-state index is -1.39. The molecular weight excluding hydrogens is 281 g/mol. The van der Waals surface area contributed by atoms with Gasteiger partial charge in [-0.1, -0.05) is 0 Å². The number of hydrogen-bond acceptors (Lipinski definition) is 4. The van der Waals surface area contributed by atoms with Crippen molar-refractivity contribution < 1.29 is 23.9 Å². The summed E-state index contributed by atoms with van der Waals surface area (Å²) in [5.74, 6) is -3.08. The Morgan fingerprint density at radius 3 is 2.67 bits per heavy atom. The maximum atomic E-state index is 13.5. The molecule has 7 nitrogen and oxygen atoms in total. The fraction of sp³-hybridized carbons (Fsp3) is 0.231. The zero-order chi connectivity index (χ0) is 15.6. The lowest BCUT2D eigenvalue weighted by atomic mass is 10.1. The Hall–Kier alpha value is -2.77. The number of carbonyl (C=O) groups is 3. The first-order valence-corrected chi connectivity index (χ1v) is 6.06. The smallest absolute Gasteiger partial charge is 0.338 e. The molecule has 1 aromatic carbocycles. The molecule has 0 atom stereocenters. The molecule has 0 bridgehead atoms. The van der Waals surface area contributed by atoms with E-state index >= 15 is 0 Å². The summed E-state index contributed by atoms with van der Waals surface area (Å²) in [5, 5.41) is 16.0. The van der Waals surface area contributed by atoms with Crippen LogP contribution in [0.1, 0.15) is 23.2 Å². The van der Waals surface area contributed by atoms with Crippen LogP contribution in [0.25, 0.3) is 0 Å². The van der Waals surface area contributed by atoms with Gasteiger partial charge in [0.15, 0.2) is 0 Å². The maximum absolute atomic E-state index is 13.5. The van der Waals surface area contributed by atoms with E-state index in [4.69, 9.17) is 5.11 Å². The molecule has 0 aliphatic carbocycles. The molecule has 1 aliphatic rings. The molecule has 0 aromatic heterocycles. The van der Waals surface area contributed by atoms with E-state index in [0.717, 1.165) is 17.1 Å². The number of aromatic carboxylic acids is 1. The Kier molecular flexibility index (Phi) is 3.97. The van der Waals surface area contributed by atoms with Crippen molar-refractivity contribution in [3.05, 3.63) is 29.6 Å². The molecule has 0 radical (unpaired) electrons. The molecular formula is C13H12FN3O4. The average molecular weight is 293 g/mol. The normalized spacial score (nSPS) is 14.7. The second kappa shape index (κ2) is 5.70. The first-order chi connectivity index (χ1) is 9.88. The van der Waals surface area contributed by atoms with E-state index in [9.17, 15) is 18.8 Å². The number of hydrogen-bond donors (Lipinski definition) is 2. The van der Waals surface area contributed by atoms with Gasteiger partial charge >= 0.3 is 5.97 Å². The lowest BCUT2D eigenvalue weighted by Crippen LogP contribution is -2.34. The minimum absolute atomic E-state index is 0.116. The highest BCUT2D eigenvalue weighted by atomic mass is 19.1. The van der Waals surface area contributed by atoms with Crippen molar-refractivity contribution >= 4 is 29.2 Å². The van der Waals surface area contributed by atoms with Gasteiger partial charge in [-0.2, -0.15) is 5.10 Å². The van der Waals surface area contributed by atoms with Crippen LogP contribution < -0.4 is 5.32 Å². The molecule has 1 aromatic rings. The SMILES string of the molecule is CN1N=C(C(=O)Nc2ccc(C(=O)O)c(F)c2)CCC1=O. The molecule has 0 saturated heterocycles. The molecule has 0 spiro atoms. The van der Waals surface area contributed by atoms with Crippen LogP contribution in [0, 0.1) is 5.82 Å². The maximum Gasteiger partial charge on any atom is 0.338 e. The highest BCUT2D eigenvalue weighted by Gasteiger charge is 2.22. The second-order valence-corrected chi connectivity index (χ2v) is 4.42. The van der Waals surface area contributed by atoms with Gasteiger partial charge in [-0.3, -0.25) is 9.59 Å². The highest BCUT2D eigenvalue weighted by Crippen LogP contribution is 2.16. The van der Waals surface area contributed by atoms with Gasteiger partial charge in [0.05, 0.1) is 5.56 Å². The summed E-state index contributed by atoms with van der Waals surface area (Å²) < 4.78 is 13.5. The van der Waals surface area contributed by atoms with Gasteiger partial charge in [0.25, 0.3) is 5.91 Å². The van der Waals surface area contributed by atoms with Crippen molar-refractivity contribution in [1.82, 2.24) is 5.01 Å². The third kappa shape index (κ3) is 3.22. The summed E-state index contributed by atoms with van der Waals surface area (Å²) in [4.78, 5) is 33.9. The van der Waals surface area contributed by atoms with Crippen molar-refractivity contribution in [2.24, 2.45) is 5.10 Å². The van der Waals surface area contributed by atoms with Crippen LogP contribution >= 0.6 is 0 Å². The molecule has 0 saturated carbocycles. The van der Waals surface area contributed by atoms with Gasteiger partial charge in [-0.05, 0) is 18.2 Å². The minimum Gasteiger partial charge on any atom is -0.478 e. The van der Waals surface area contributed by atoms with Gasteiger partial charge < -0.3 is 10.4 Å². The molecule has 110 valence electrons.